The standard InChI is InChI=1S/C17H13Cl2N5OS2/c1-9-5-12(10(2)24(9)16-20-3-4-26-16)14(25)8-27-17-22-21-15-13(19)6-11(18)7-23(15)17/h3-7H,8H2,1-2H3. The van der Waals surface area contributed by atoms with Crippen LogP contribution >= 0.6 is 46.3 Å². The van der Waals surface area contributed by atoms with E-state index >= 15 is 0 Å². The van der Waals surface area contributed by atoms with Gasteiger partial charge < -0.3 is 0 Å². The molecule has 0 saturated heterocycles. The molecule has 0 aliphatic heterocycles. The van der Waals surface area contributed by atoms with E-state index in [9.17, 15) is 4.79 Å². The van der Waals surface area contributed by atoms with E-state index in [2.05, 4.69) is 15.2 Å². The molecule has 0 spiro atoms. The second-order valence-electron chi connectivity index (χ2n) is 5.83. The summed E-state index contributed by atoms with van der Waals surface area (Å²) >= 11 is 15.0. The lowest BCUT2D eigenvalue weighted by Gasteiger charge is -2.05. The first kappa shape index (κ1) is 18.5. The van der Waals surface area contributed by atoms with E-state index in [1.807, 2.05) is 29.9 Å². The fraction of sp³-hybridized carbons (Fsp3) is 0.176. The number of aryl methyl sites for hydroxylation is 1. The Hall–Kier alpha value is -1.87. The largest absolute Gasteiger partial charge is 0.294 e. The van der Waals surface area contributed by atoms with Crippen LogP contribution in [0.25, 0.3) is 10.8 Å². The Kier molecular flexibility index (Phi) is 4.98. The summed E-state index contributed by atoms with van der Waals surface area (Å²) in [6.45, 7) is 3.90. The lowest BCUT2D eigenvalue weighted by atomic mass is 10.2. The van der Waals surface area contributed by atoms with Crippen molar-refractivity contribution in [3.8, 4) is 5.13 Å². The van der Waals surface area contributed by atoms with Crippen molar-refractivity contribution in [2.24, 2.45) is 0 Å². The van der Waals surface area contributed by atoms with Gasteiger partial charge in [-0.3, -0.25) is 13.8 Å². The Labute approximate surface area is 173 Å². The van der Waals surface area contributed by atoms with Gasteiger partial charge in [-0.15, -0.1) is 21.5 Å². The van der Waals surface area contributed by atoms with Crippen LogP contribution in [0.3, 0.4) is 0 Å². The predicted molar refractivity (Wildman–Crippen MR) is 109 cm³/mol. The van der Waals surface area contributed by atoms with E-state index in [0.29, 0.717) is 26.4 Å². The number of hydrogen-bond acceptors (Lipinski definition) is 6. The number of thiazole rings is 1. The predicted octanol–water partition coefficient (Wildman–Crippen LogP) is 4.88. The van der Waals surface area contributed by atoms with Crippen molar-refractivity contribution >= 4 is 57.7 Å². The van der Waals surface area contributed by atoms with Crippen molar-refractivity contribution in [2.75, 3.05) is 5.75 Å². The maximum absolute atomic E-state index is 12.8. The Balaban J connectivity index is 1.58. The van der Waals surface area contributed by atoms with Gasteiger partial charge in [0.15, 0.2) is 21.7 Å². The van der Waals surface area contributed by atoms with Gasteiger partial charge in [0, 0.05) is 34.7 Å². The molecular weight excluding hydrogens is 425 g/mol. The molecule has 4 aromatic heterocycles. The van der Waals surface area contributed by atoms with Crippen molar-refractivity contribution in [1.29, 1.82) is 0 Å². The van der Waals surface area contributed by atoms with Crippen molar-refractivity contribution in [1.82, 2.24) is 24.1 Å². The lowest BCUT2D eigenvalue weighted by molar-refractivity contribution is 0.102. The Morgan fingerprint density at radius 1 is 1.26 bits per heavy atom. The van der Waals surface area contributed by atoms with Gasteiger partial charge in [-0.2, -0.15) is 0 Å². The fourth-order valence-corrected chi connectivity index (χ4v) is 4.93. The number of nitrogens with zero attached hydrogens (tertiary/aromatic N) is 5. The molecular formula is C17H13Cl2N5OS2. The lowest BCUT2D eigenvalue weighted by Crippen LogP contribution is -2.06. The molecule has 6 nitrogen and oxygen atoms in total. The highest BCUT2D eigenvalue weighted by atomic mass is 35.5. The molecule has 0 radical (unpaired) electrons. The van der Waals surface area contributed by atoms with Crippen LogP contribution in [0, 0.1) is 13.8 Å². The van der Waals surface area contributed by atoms with E-state index in [1.54, 1.807) is 22.9 Å². The number of carbonyl (C=O) groups excluding carboxylic acids is 1. The maximum Gasteiger partial charge on any atom is 0.196 e. The summed E-state index contributed by atoms with van der Waals surface area (Å²) in [6, 6.07) is 3.51. The van der Waals surface area contributed by atoms with Crippen LogP contribution in [0.4, 0.5) is 0 Å². The maximum atomic E-state index is 12.8. The summed E-state index contributed by atoms with van der Waals surface area (Å²) in [7, 11) is 0. The molecule has 0 fully saturated rings. The minimum Gasteiger partial charge on any atom is -0.294 e. The molecule has 0 bridgehead atoms. The average molecular weight is 438 g/mol. The van der Waals surface area contributed by atoms with Gasteiger partial charge in [0.05, 0.1) is 15.8 Å². The van der Waals surface area contributed by atoms with Gasteiger partial charge in [0.2, 0.25) is 0 Å². The Bertz CT molecular complexity index is 1150. The Morgan fingerprint density at radius 3 is 2.81 bits per heavy atom. The zero-order chi connectivity index (χ0) is 19.1. The van der Waals surface area contributed by atoms with Crippen molar-refractivity contribution in [3.63, 3.8) is 0 Å². The number of thioether (sulfide) groups is 1. The molecule has 4 rings (SSSR count). The van der Waals surface area contributed by atoms with Crippen molar-refractivity contribution < 1.29 is 4.79 Å². The molecule has 138 valence electrons. The first-order chi connectivity index (χ1) is 13.0. The van der Waals surface area contributed by atoms with Crippen LogP contribution in [-0.2, 0) is 0 Å². The Morgan fingerprint density at radius 2 is 2.07 bits per heavy atom. The molecule has 0 aliphatic carbocycles. The quantitative estimate of drug-likeness (QED) is 0.328. The van der Waals surface area contributed by atoms with Crippen LogP contribution in [-0.4, -0.2) is 35.7 Å². The van der Waals surface area contributed by atoms with E-state index in [4.69, 9.17) is 23.2 Å². The van der Waals surface area contributed by atoms with Crippen LogP contribution < -0.4 is 0 Å². The number of ketones is 1. The second kappa shape index (κ2) is 7.27. The molecule has 0 saturated carbocycles. The first-order valence-electron chi connectivity index (χ1n) is 7.90. The summed E-state index contributed by atoms with van der Waals surface area (Å²) in [5.41, 5.74) is 3.05. The van der Waals surface area contributed by atoms with Gasteiger partial charge in [0.25, 0.3) is 0 Å². The van der Waals surface area contributed by atoms with Crippen molar-refractivity contribution in [2.45, 2.75) is 19.0 Å². The third-order valence-electron chi connectivity index (χ3n) is 4.07. The second-order valence-corrected chi connectivity index (χ2v) is 8.49. The first-order valence-corrected chi connectivity index (χ1v) is 10.5. The molecule has 10 heteroatoms. The van der Waals surface area contributed by atoms with Crippen LogP contribution in [0.5, 0.6) is 0 Å². The summed E-state index contributed by atoms with van der Waals surface area (Å²) in [5.74, 6) is 0.244. The normalized spacial score (nSPS) is 11.4. The van der Waals surface area contributed by atoms with Crippen molar-refractivity contribution in [3.05, 3.63) is 56.9 Å². The molecule has 0 atom stereocenters. The summed E-state index contributed by atoms with van der Waals surface area (Å²) in [5, 5.41) is 12.4. The number of rotatable bonds is 5. The molecule has 4 aromatic rings. The van der Waals surface area contributed by atoms with E-state index < -0.39 is 0 Å². The smallest absolute Gasteiger partial charge is 0.196 e. The molecule has 27 heavy (non-hydrogen) atoms. The van der Waals surface area contributed by atoms with Crippen LogP contribution in [0.2, 0.25) is 10.0 Å². The number of hydrogen-bond donors (Lipinski definition) is 0. The fourth-order valence-electron chi connectivity index (χ4n) is 2.87. The zero-order valence-electron chi connectivity index (χ0n) is 14.3. The monoisotopic (exact) mass is 437 g/mol. The van der Waals surface area contributed by atoms with Gasteiger partial charge in [-0.05, 0) is 26.0 Å². The van der Waals surface area contributed by atoms with Gasteiger partial charge in [-0.1, -0.05) is 35.0 Å². The summed E-state index contributed by atoms with van der Waals surface area (Å²) in [4.78, 5) is 17.1. The third-order valence-corrected chi connectivity index (χ3v) is 6.25. The number of Topliss-reactive ketones (excluding diaryl/α,β-unsaturated/α-hetero) is 1. The number of halogens is 2. The van der Waals surface area contributed by atoms with Gasteiger partial charge in [-0.25, -0.2) is 4.98 Å². The SMILES string of the molecule is Cc1cc(C(=O)CSc2nnc3c(Cl)cc(Cl)cn23)c(C)n1-c1nccs1. The van der Waals surface area contributed by atoms with E-state index in [1.165, 1.54) is 23.1 Å². The van der Waals surface area contributed by atoms with E-state index in [-0.39, 0.29) is 11.5 Å². The molecule has 0 amide bonds. The molecule has 0 aliphatic rings. The molecule has 0 aromatic carbocycles. The highest BCUT2D eigenvalue weighted by Crippen LogP contribution is 2.27. The number of aromatic nitrogens is 5. The number of carbonyl (C=O) groups is 1. The topological polar surface area (TPSA) is 65.1 Å². The average Bonchev–Trinajstić information content (AvgIpc) is 3.32. The third kappa shape index (κ3) is 3.38. The van der Waals surface area contributed by atoms with E-state index in [0.717, 1.165) is 16.5 Å². The number of pyridine rings is 1. The molecule has 0 N–H and O–H groups in total. The highest BCUT2D eigenvalue weighted by Gasteiger charge is 2.19. The summed E-state index contributed by atoms with van der Waals surface area (Å²) < 4.78 is 3.69. The zero-order valence-corrected chi connectivity index (χ0v) is 17.5. The van der Waals surface area contributed by atoms with Crippen LogP contribution in [0.1, 0.15) is 21.7 Å². The van der Waals surface area contributed by atoms with Gasteiger partial charge in [0.1, 0.15) is 0 Å². The summed E-state index contributed by atoms with van der Waals surface area (Å²) in [6.07, 6.45) is 3.44. The van der Waals surface area contributed by atoms with Crippen LogP contribution in [0.15, 0.2) is 35.1 Å². The minimum atomic E-state index is 0.0146. The minimum absolute atomic E-state index is 0.0146. The molecule has 0 unspecified atom stereocenters. The number of fused-ring (bicyclic) bond motifs is 1. The highest BCUT2D eigenvalue weighted by molar-refractivity contribution is 7.99. The molecule has 4 heterocycles. The van der Waals surface area contributed by atoms with Gasteiger partial charge >= 0.3 is 0 Å².